The monoisotopic (exact) mass is 281 g/mol. The summed E-state index contributed by atoms with van der Waals surface area (Å²) in [5.41, 5.74) is 1.21. The molecule has 0 spiro atoms. The maximum atomic E-state index is 11.8. The van der Waals surface area contributed by atoms with Crippen molar-refractivity contribution in [1.29, 1.82) is 0 Å². The lowest BCUT2D eigenvalue weighted by molar-refractivity contribution is 0.0951. The zero-order valence-electron chi connectivity index (χ0n) is 9.23. The zero-order valence-corrected chi connectivity index (χ0v) is 10.7. The lowest BCUT2D eigenvalue weighted by atomic mass is 10.2. The van der Waals surface area contributed by atoms with E-state index in [4.69, 9.17) is 23.2 Å². The number of hydrogen-bond donors (Lipinski definition) is 1. The molecule has 2 rings (SSSR count). The van der Waals surface area contributed by atoms with Crippen LogP contribution >= 0.6 is 23.2 Å². The lowest BCUT2D eigenvalue weighted by Gasteiger charge is -2.06. The molecule has 0 aliphatic carbocycles. The molecule has 18 heavy (non-hydrogen) atoms. The Labute approximate surface area is 114 Å². The van der Waals surface area contributed by atoms with E-state index in [1.54, 1.807) is 30.3 Å². The van der Waals surface area contributed by atoms with E-state index >= 15 is 0 Å². The summed E-state index contributed by atoms with van der Waals surface area (Å²) in [6.45, 7) is 0.252. The van der Waals surface area contributed by atoms with Crippen molar-refractivity contribution in [2.45, 2.75) is 6.54 Å². The first-order valence-electron chi connectivity index (χ1n) is 5.17. The van der Waals surface area contributed by atoms with Crippen LogP contribution in [0.15, 0.2) is 36.4 Å². The van der Waals surface area contributed by atoms with E-state index in [9.17, 15) is 4.79 Å². The number of amides is 1. The van der Waals surface area contributed by atoms with Crippen molar-refractivity contribution in [2.24, 2.45) is 0 Å². The normalized spacial score (nSPS) is 10.1. The van der Waals surface area contributed by atoms with Crippen molar-refractivity contribution >= 4 is 29.1 Å². The highest BCUT2D eigenvalue weighted by Gasteiger charge is 2.07. The Bertz CT molecular complexity index is 561. The first-order valence-corrected chi connectivity index (χ1v) is 5.93. The van der Waals surface area contributed by atoms with Gasteiger partial charge in [0.1, 0.15) is 0 Å². The average molecular weight is 282 g/mol. The lowest BCUT2D eigenvalue weighted by Crippen LogP contribution is -2.23. The largest absolute Gasteiger partial charge is 0.348 e. The van der Waals surface area contributed by atoms with Crippen LogP contribution in [0, 0.1) is 0 Å². The minimum absolute atomic E-state index is 0.181. The number of carbonyl (C=O) groups is 1. The number of aromatic nitrogens is 2. The quantitative estimate of drug-likeness (QED) is 0.941. The third-order valence-corrected chi connectivity index (χ3v) is 2.77. The summed E-state index contributed by atoms with van der Waals surface area (Å²) in [5, 5.41) is 10.5. The Morgan fingerprint density at radius 1 is 1.17 bits per heavy atom. The Balaban J connectivity index is 2.04. The second-order valence-corrected chi connectivity index (χ2v) is 4.28. The standard InChI is InChI=1S/C12H9Cl2N3O/c13-10-6-9(11(14)17-16-10)7-15-12(18)8-4-2-1-3-5-8/h1-6H,7H2,(H,15,18). The number of carbonyl (C=O) groups excluding carboxylic acids is 1. The summed E-state index contributed by atoms with van der Waals surface area (Å²) in [7, 11) is 0. The van der Waals surface area contributed by atoms with Gasteiger partial charge in [-0.25, -0.2) is 0 Å². The van der Waals surface area contributed by atoms with E-state index < -0.39 is 0 Å². The SMILES string of the molecule is O=C(NCc1cc(Cl)nnc1Cl)c1ccccc1. The molecule has 1 aromatic heterocycles. The van der Waals surface area contributed by atoms with Crippen molar-refractivity contribution < 1.29 is 4.79 Å². The molecule has 0 saturated heterocycles. The van der Waals surface area contributed by atoms with Gasteiger partial charge in [-0.15, -0.1) is 10.2 Å². The van der Waals surface area contributed by atoms with Gasteiger partial charge in [-0.05, 0) is 18.2 Å². The molecule has 1 heterocycles. The summed E-state index contributed by atoms with van der Waals surface area (Å²) < 4.78 is 0. The third-order valence-electron chi connectivity index (χ3n) is 2.27. The van der Waals surface area contributed by atoms with Crippen LogP contribution in [0.1, 0.15) is 15.9 Å². The van der Waals surface area contributed by atoms with Crippen LogP contribution in [0.3, 0.4) is 0 Å². The average Bonchev–Trinajstić information content (AvgIpc) is 2.40. The minimum Gasteiger partial charge on any atom is -0.348 e. The van der Waals surface area contributed by atoms with Gasteiger partial charge >= 0.3 is 0 Å². The maximum absolute atomic E-state index is 11.8. The molecule has 0 saturated carbocycles. The first-order chi connectivity index (χ1) is 8.66. The second-order valence-electron chi connectivity index (χ2n) is 3.53. The summed E-state index contributed by atoms with van der Waals surface area (Å²) in [6, 6.07) is 10.5. The number of rotatable bonds is 3. The molecule has 1 amide bonds. The van der Waals surface area contributed by atoms with Crippen molar-refractivity contribution in [3.63, 3.8) is 0 Å². The zero-order chi connectivity index (χ0) is 13.0. The van der Waals surface area contributed by atoms with E-state index in [-0.39, 0.29) is 22.8 Å². The molecule has 0 aliphatic heterocycles. The van der Waals surface area contributed by atoms with Crippen LogP contribution in [-0.4, -0.2) is 16.1 Å². The predicted molar refractivity (Wildman–Crippen MR) is 69.7 cm³/mol. The van der Waals surface area contributed by atoms with Crippen LogP contribution < -0.4 is 5.32 Å². The van der Waals surface area contributed by atoms with E-state index in [0.717, 1.165) is 0 Å². The molecule has 0 fully saturated rings. The molecule has 2 aromatic rings. The Morgan fingerprint density at radius 3 is 2.61 bits per heavy atom. The summed E-state index contributed by atoms with van der Waals surface area (Å²) >= 11 is 11.5. The van der Waals surface area contributed by atoms with Gasteiger partial charge in [-0.1, -0.05) is 41.4 Å². The number of nitrogens with zero attached hydrogens (tertiary/aromatic N) is 2. The van der Waals surface area contributed by atoms with Gasteiger partial charge in [0.2, 0.25) is 0 Å². The van der Waals surface area contributed by atoms with Gasteiger partial charge in [-0.2, -0.15) is 0 Å². The van der Waals surface area contributed by atoms with Crippen LogP contribution in [-0.2, 0) is 6.54 Å². The van der Waals surface area contributed by atoms with Gasteiger partial charge in [0.05, 0.1) is 0 Å². The molecule has 0 radical (unpaired) electrons. The van der Waals surface area contributed by atoms with Crippen molar-refractivity contribution in [3.05, 3.63) is 57.8 Å². The van der Waals surface area contributed by atoms with E-state index in [0.29, 0.717) is 11.1 Å². The minimum atomic E-state index is -0.181. The van der Waals surface area contributed by atoms with Crippen LogP contribution in [0.25, 0.3) is 0 Å². The highest BCUT2D eigenvalue weighted by molar-refractivity contribution is 6.31. The third kappa shape index (κ3) is 3.18. The summed E-state index contributed by atoms with van der Waals surface area (Å²) in [6.07, 6.45) is 0. The second kappa shape index (κ2) is 5.80. The van der Waals surface area contributed by atoms with Gasteiger partial charge in [0.25, 0.3) is 5.91 Å². The molecule has 4 nitrogen and oxygen atoms in total. The molecule has 92 valence electrons. The van der Waals surface area contributed by atoms with Gasteiger partial charge in [0.15, 0.2) is 10.3 Å². The predicted octanol–water partition coefficient (Wildman–Crippen LogP) is 2.71. The fourth-order valence-corrected chi connectivity index (χ4v) is 1.71. The summed E-state index contributed by atoms with van der Waals surface area (Å²) in [5.74, 6) is -0.181. The molecule has 0 atom stereocenters. The molecule has 6 heteroatoms. The van der Waals surface area contributed by atoms with Gasteiger partial charge in [0, 0.05) is 17.7 Å². The number of nitrogens with one attached hydrogen (secondary N) is 1. The van der Waals surface area contributed by atoms with Crippen LogP contribution in [0.5, 0.6) is 0 Å². The fraction of sp³-hybridized carbons (Fsp3) is 0.0833. The highest BCUT2D eigenvalue weighted by Crippen LogP contribution is 2.15. The molecular weight excluding hydrogens is 273 g/mol. The first kappa shape index (κ1) is 12.8. The van der Waals surface area contributed by atoms with Crippen molar-refractivity contribution in [1.82, 2.24) is 15.5 Å². The van der Waals surface area contributed by atoms with E-state index in [2.05, 4.69) is 15.5 Å². The van der Waals surface area contributed by atoms with Gasteiger partial charge in [-0.3, -0.25) is 4.79 Å². The molecule has 0 aliphatic rings. The highest BCUT2D eigenvalue weighted by atomic mass is 35.5. The fourth-order valence-electron chi connectivity index (χ4n) is 1.38. The molecule has 0 unspecified atom stereocenters. The Morgan fingerprint density at radius 2 is 1.89 bits per heavy atom. The number of halogens is 2. The molecule has 0 bridgehead atoms. The van der Waals surface area contributed by atoms with E-state index in [1.165, 1.54) is 0 Å². The summed E-state index contributed by atoms with van der Waals surface area (Å²) in [4.78, 5) is 11.8. The number of hydrogen-bond acceptors (Lipinski definition) is 3. The van der Waals surface area contributed by atoms with Crippen molar-refractivity contribution in [3.8, 4) is 0 Å². The van der Waals surface area contributed by atoms with Crippen LogP contribution in [0.2, 0.25) is 10.3 Å². The van der Waals surface area contributed by atoms with E-state index in [1.807, 2.05) is 6.07 Å². The maximum Gasteiger partial charge on any atom is 0.251 e. The van der Waals surface area contributed by atoms with Gasteiger partial charge < -0.3 is 5.32 Å². The molecule has 1 aromatic carbocycles. The Kier molecular flexibility index (Phi) is 4.12. The number of benzene rings is 1. The van der Waals surface area contributed by atoms with Crippen molar-refractivity contribution in [2.75, 3.05) is 0 Å². The topological polar surface area (TPSA) is 54.9 Å². The van der Waals surface area contributed by atoms with Crippen LogP contribution in [0.4, 0.5) is 0 Å². The molecule has 1 N–H and O–H groups in total. The smallest absolute Gasteiger partial charge is 0.251 e. The molecular formula is C12H9Cl2N3O. The Hall–Kier alpha value is -1.65.